The van der Waals surface area contributed by atoms with Crippen molar-refractivity contribution in [2.75, 3.05) is 0 Å². The quantitative estimate of drug-likeness (QED) is 0.671. The van der Waals surface area contributed by atoms with Gasteiger partial charge in [0.2, 0.25) is 5.91 Å². The Balaban J connectivity index is 1.64. The van der Waals surface area contributed by atoms with Gasteiger partial charge < -0.3 is 10.4 Å². The maximum Gasteiger partial charge on any atom is 0.303 e. The molecule has 2 rings (SSSR count). The highest BCUT2D eigenvalue weighted by Crippen LogP contribution is 2.37. The van der Waals surface area contributed by atoms with E-state index in [2.05, 4.69) is 21.5 Å². The Kier molecular flexibility index (Phi) is 4.94. The fraction of sp³-hybridized carbons (Fsp3) is 0.733. The molecule has 21 heavy (non-hydrogen) atoms. The van der Waals surface area contributed by atoms with E-state index in [0.29, 0.717) is 25.7 Å². The molecular weight excluding hydrogens is 270 g/mol. The summed E-state index contributed by atoms with van der Waals surface area (Å²) in [5.41, 5.74) is -0.411. The van der Waals surface area contributed by atoms with Gasteiger partial charge >= 0.3 is 5.97 Å². The van der Waals surface area contributed by atoms with Gasteiger partial charge in [-0.3, -0.25) is 9.59 Å². The van der Waals surface area contributed by atoms with Gasteiger partial charge in [-0.15, -0.1) is 12.3 Å². The first kappa shape index (κ1) is 15.5. The minimum Gasteiger partial charge on any atom is -0.481 e. The molecule has 1 aliphatic heterocycles. The number of hydrogen-bond donors (Lipinski definition) is 2. The number of carbonyl (C=O) groups is 2. The van der Waals surface area contributed by atoms with Crippen LogP contribution >= 0.6 is 0 Å². The van der Waals surface area contributed by atoms with Crippen LogP contribution in [0.15, 0.2) is 10.2 Å². The molecule has 2 aliphatic rings. The number of rotatable bonds is 8. The summed E-state index contributed by atoms with van der Waals surface area (Å²) in [6, 6.07) is 0.108. The lowest BCUT2D eigenvalue weighted by atomic mass is 10.0. The molecule has 1 fully saturated rings. The second-order valence-corrected chi connectivity index (χ2v) is 5.93. The molecule has 0 saturated heterocycles. The van der Waals surface area contributed by atoms with Crippen molar-refractivity contribution in [1.82, 2.24) is 5.32 Å². The molecule has 2 atom stereocenters. The smallest absolute Gasteiger partial charge is 0.303 e. The highest BCUT2D eigenvalue weighted by atomic mass is 16.4. The molecule has 0 bridgehead atoms. The second-order valence-electron chi connectivity index (χ2n) is 5.93. The fourth-order valence-electron chi connectivity index (χ4n) is 2.92. The van der Waals surface area contributed by atoms with E-state index in [1.807, 2.05) is 0 Å². The summed E-state index contributed by atoms with van der Waals surface area (Å²) in [5.74, 6) is 1.97. The fourth-order valence-corrected chi connectivity index (χ4v) is 2.92. The number of nitrogens with one attached hydrogen (secondary N) is 1. The number of amides is 1. The van der Waals surface area contributed by atoms with E-state index in [0.717, 1.165) is 19.3 Å². The Bertz CT molecular complexity index is 475. The average molecular weight is 291 g/mol. The molecule has 0 spiro atoms. The first-order valence-corrected chi connectivity index (χ1v) is 7.42. The molecule has 0 aromatic rings. The third-order valence-corrected chi connectivity index (χ3v) is 4.17. The van der Waals surface area contributed by atoms with E-state index in [9.17, 15) is 9.59 Å². The predicted molar refractivity (Wildman–Crippen MR) is 76.4 cm³/mol. The first-order chi connectivity index (χ1) is 10.0. The van der Waals surface area contributed by atoms with Crippen LogP contribution in [0.4, 0.5) is 0 Å². The zero-order valence-electron chi connectivity index (χ0n) is 12.0. The second kappa shape index (κ2) is 6.70. The van der Waals surface area contributed by atoms with Crippen LogP contribution in [0.2, 0.25) is 0 Å². The number of carbonyl (C=O) groups excluding carboxylic acids is 1. The topological polar surface area (TPSA) is 91.1 Å². The minimum absolute atomic E-state index is 0.00615. The van der Waals surface area contributed by atoms with Gasteiger partial charge in [-0.1, -0.05) is 0 Å². The third kappa shape index (κ3) is 4.85. The van der Waals surface area contributed by atoms with Gasteiger partial charge in [0, 0.05) is 38.1 Å². The van der Waals surface area contributed by atoms with Crippen molar-refractivity contribution in [2.45, 2.75) is 63.1 Å². The summed E-state index contributed by atoms with van der Waals surface area (Å²) in [4.78, 5) is 22.6. The van der Waals surface area contributed by atoms with E-state index in [-0.39, 0.29) is 24.3 Å². The van der Waals surface area contributed by atoms with Crippen molar-refractivity contribution in [2.24, 2.45) is 16.1 Å². The Morgan fingerprint density at radius 3 is 2.71 bits per heavy atom. The van der Waals surface area contributed by atoms with Crippen LogP contribution in [0.25, 0.3) is 0 Å². The normalized spacial score (nSPS) is 25.3. The van der Waals surface area contributed by atoms with E-state index < -0.39 is 11.6 Å². The van der Waals surface area contributed by atoms with Crippen LogP contribution < -0.4 is 5.32 Å². The van der Waals surface area contributed by atoms with Crippen molar-refractivity contribution in [3.63, 3.8) is 0 Å². The summed E-state index contributed by atoms with van der Waals surface area (Å²) in [5, 5.41) is 19.8. The van der Waals surface area contributed by atoms with Gasteiger partial charge in [0.25, 0.3) is 0 Å². The SMILES string of the molecule is C#CCCC1(CCC(=O)N[C@H]2CC[C@@H](CC(=O)O)C2)N=N1. The van der Waals surface area contributed by atoms with E-state index in [4.69, 9.17) is 11.5 Å². The molecule has 0 unspecified atom stereocenters. The lowest BCUT2D eigenvalue weighted by Crippen LogP contribution is -2.33. The van der Waals surface area contributed by atoms with Crippen LogP contribution in [0.3, 0.4) is 0 Å². The molecule has 2 N–H and O–H groups in total. The minimum atomic E-state index is -0.764. The lowest BCUT2D eigenvalue weighted by Gasteiger charge is -2.14. The molecule has 6 nitrogen and oxygen atoms in total. The predicted octanol–water partition coefficient (Wildman–Crippen LogP) is 2.10. The van der Waals surface area contributed by atoms with E-state index in [1.165, 1.54) is 0 Å². The average Bonchev–Trinajstić information content (AvgIpc) is 3.08. The molecule has 1 heterocycles. The molecule has 0 aromatic heterocycles. The summed E-state index contributed by atoms with van der Waals surface area (Å²) in [6.07, 6.45) is 10.2. The molecule has 1 amide bonds. The van der Waals surface area contributed by atoms with E-state index in [1.54, 1.807) is 0 Å². The first-order valence-electron chi connectivity index (χ1n) is 7.42. The summed E-state index contributed by atoms with van der Waals surface area (Å²) < 4.78 is 0. The number of carboxylic acids is 1. The van der Waals surface area contributed by atoms with Crippen molar-refractivity contribution in [1.29, 1.82) is 0 Å². The summed E-state index contributed by atoms with van der Waals surface area (Å²) in [6.45, 7) is 0. The van der Waals surface area contributed by atoms with Crippen LogP contribution in [-0.4, -0.2) is 28.7 Å². The number of carboxylic acid groups (broad SMARTS) is 1. The number of hydrogen-bond acceptors (Lipinski definition) is 4. The van der Waals surface area contributed by atoms with Gasteiger partial charge in [-0.25, -0.2) is 0 Å². The maximum absolute atomic E-state index is 11.9. The monoisotopic (exact) mass is 291 g/mol. The zero-order valence-corrected chi connectivity index (χ0v) is 12.0. The van der Waals surface area contributed by atoms with Gasteiger partial charge in [-0.05, 0) is 25.2 Å². The van der Waals surface area contributed by atoms with Crippen molar-refractivity contribution in [3.05, 3.63) is 0 Å². The maximum atomic E-state index is 11.9. The Labute approximate surface area is 124 Å². The zero-order chi connectivity index (χ0) is 15.3. The highest BCUT2D eigenvalue weighted by Gasteiger charge is 2.39. The molecule has 1 aliphatic carbocycles. The van der Waals surface area contributed by atoms with Gasteiger partial charge in [0.05, 0.1) is 0 Å². The van der Waals surface area contributed by atoms with Crippen LogP contribution in [0.5, 0.6) is 0 Å². The molecule has 0 aromatic carbocycles. The van der Waals surface area contributed by atoms with Gasteiger partial charge in [-0.2, -0.15) is 10.2 Å². The largest absolute Gasteiger partial charge is 0.481 e. The van der Waals surface area contributed by atoms with Crippen LogP contribution in [0.1, 0.15) is 51.4 Å². The Morgan fingerprint density at radius 1 is 1.33 bits per heavy atom. The Hall–Kier alpha value is -1.90. The van der Waals surface area contributed by atoms with Gasteiger partial charge in [0.15, 0.2) is 5.66 Å². The van der Waals surface area contributed by atoms with Crippen molar-refractivity contribution < 1.29 is 14.7 Å². The summed E-state index contributed by atoms with van der Waals surface area (Å²) >= 11 is 0. The molecular formula is C15H21N3O3. The van der Waals surface area contributed by atoms with Crippen LogP contribution in [0, 0.1) is 18.3 Å². The third-order valence-electron chi connectivity index (χ3n) is 4.17. The highest BCUT2D eigenvalue weighted by molar-refractivity contribution is 5.76. The molecule has 0 radical (unpaired) electrons. The number of aliphatic carboxylic acids is 1. The number of terminal acetylenes is 1. The molecule has 6 heteroatoms. The number of nitrogens with zero attached hydrogens (tertiary/aromatic N) is 2. The molecule has 1 saturated carbocycles. The van der Waals surface area contributed by atoms with Gasteiger partial charge in [0.1, 0.15) is 0 Å². The van der Waals surface area contributed by atoms with E-state index >= 15 is 0 Å². The Morgan fingerprint density at radius 2 is 2.10 bits per heavy atom. The summed E-state index contributed by atoms with van der Waals surface area (Å²) in [7, 11) is 0. The van der Waals surface area contributed by atoms with Crippen molar-refractivity contribution in [3.8, 4) is 12.3 Å². The molecule has 114 valence electrons. The standard InChI is InChI=1S/C15H21N3O3/c1-2-3-7-15(17-18-15)8-6-13(19)16-12-5-4-11(9-12)10-14(20)21/h1,11-12H,3-10H2,(H,16,19)(H,20,21)/t11-,12+/m1/s1. The van der Waals surface area contributed by atoms with Crippen molar-refractivity contribution >= 4 is 11.9 Å². The lowest BCUT2D eigenvalue weighted by molar-refractivity contribution is -0.138. The van der Waals surface area contributed by atoms with Crippen LogP contribution in [-0.2, 0) is 9.59 Å².